The van der Waals surface area contributed by atoms with Gasteiger partial charge in [-0.05, 0) is 55.5 Å². The Morgan fingerprint density at radius 1 is 0.829 bits per heavy atom. The zero-order chi connectivity index (χ0) is 25.2. The standard InChI is InChI=1S/C26H26N2O7/c1-17(25(30)28-19-11-14-22(32-2)23(15-19)33-3)34-24(29)16-27-26(31)18-9-12-21(13-10-18)35-20-7-5-4-6-8-20/h4-15,17H,16H2,1-3H3,(H,27,31)(H,28,30). The molecule has 3 aromatic carbocycles. The summed E-state index contributed by atoms with van der Waals surface area (Å²) in [7, 11) is 2.99. The molecule has 9 nitrogen and oxygen atoms in total. The van der Waals surface area contributed by atoms with Crippen LogP contribution in [0.3, 0.4) is 0 Å². The Bertz CT molecular complexity index is 1160. The van der Waals surface area contributed by atoms with E-state index in [0.29, 0.717) is 34.2 Å². The van der Waals surface area contributed by atoms with Crippen molar-refractivity contribution in [1.82, 2.24) is 5.32 Å². The molecule has 182 valence electrons. The summed E-state index contributed by atoms with van der Waals surface area (Å²) in [6.07, 6.45) is -1.08. The molecule has 0 aliphatic heterocycles. The van der Waals surface area contributed by atoms with E-state index in [1.54, 1.807) is 42.5 Å². The Morgan fingerprint density at radius 2 is 1.49 bits per heavy atom. The number of esters is 1. The summed E-state index contributed by atoms with van der Waals surface area (Å²) in [5, 5.41) is 5.11. The second-order valence-electron chi connectivity index (χ2n) is 7.31. The van der Waals surface area contributed by atoms with Crippen molar-refractivity contribution >= 4 is 23.5 Å². The monoisotopic (exact) mass is 478 g/mol. The molecule has 9 heteroatoms. The second kappa shape index (κ2) is 12.1. The highest BCUT2D eigenvalue weighted by molar-refractivity contribution is 5.97. The van der Waals surface area contributed by atoms with Crippen molar-refractivity contribution in [1.29, 1.82) is 0 Å². The van der Waals surface area contributed by atoms with Crippen LogP contribution in [0.5, 0.6) is 23.0 Å². The third kappa shape index (κ3) is 7.23. The Hall–Kier alpha value is -4.53. The van der Waals surface area contributed by atoms with Crippen LogP contribution in [0, 0.1) is 0 Å². The van der Waals surface area contributed by atoms with Crippen LogP contribution in [0.1, 0.15) is 17.3 Å². The topological polar surface area (TPSA) is 112 Å². The van der Waals surface area contributed by atoms with Crippen LogP contribution >= 0.6 is 0 Å². The number of carbonyl (C=O) groups is 3. The first-order valence-corrected chi connectivity index (χ1v) is 10.7. The third-order valence-electron chi connectivity index (χ3n) is 4.82. The molecule has 3 aromatic rings. The molecule has 0 saturated heterocycles. The van der Waals surface area contributed by atoms with Gasteiger partial charge in [-0.2, -0.15) is 0 Å². The molecule has 2 N–H and O–H groups in total. The van der Waals surface area contributed by atoms with Crippen molar-refractivity contribution in [2.45, 2.75) is 13.0 Å². The molecule has 1 unspecified atom stereocenters. The predicted molar refractivity (Wildman–Crippen MR) is 129 cm³/mol. The number of benzene rings is 3. The van der Waals surface area contributed by atoms with Crippen LogP contribution in [-0.4, -0.2) is 44.7 Å². The first-order chi connectivity index (χ1) is 16.9. The zero-order valence-corrected chi connectivity index (χ0v) is 19.6. The first kappa shape index (κ1) is 25.1. The lowest BCUT2D eigenvalue weighted by atomic mass is 10.2. The summed E-state index contributed by atoms with van der Waals surface area (Å²) in [6.45, 7) is 1.04. The quantitative estimate of drug-likeness (QED) is 0.426. The van der Waals surface area contributed by atoms with Gasteiger partial charge in [-0.25, -0.2) is 0 Å². The van der Waals surface area contributed by atoms with Crippen molar-refractivity contribution < 1.29 is 33.3 Å². The minimum absolute atomic E-state index is 0.345. The van der Waals surface area contributed by atoms with Gasteiger partial charge in [0.15, 0.2) is 17.6 Å². The maximum atomic E-state index is 12.4. The lowest BCUT2D eigenvalue weighted by molar-refractivity contribution is -0.152. The fourth-order valence-electron chi connectivity index (χ4n) is 3.00. The molecular weight excluding hydrogens is 452 g/mol. The number of methoxy groups -OCH3 is 2. The average Bonchev–Trinajstić information content (AvgIpc) is 2.88. The highest BCUT2D eigenvalue weighted by atomic mass is 16.5. The number of carbonyl (C=O) groups excluding carboxylic acids is 3. The average molecular weight is 479 g/mol. The fraction of sp³-hybridized carbons (Fsp3) is 0.192. The highest BCUT2D eigenvalue weighted by Gasteiger charge is 2.19. The van der Waals surface area contributed by atoms with E-state index in [2.05, 4.69) is 10.6 Å². The minimum atomic E-state index is -1.08. The van der Waals surface area contributed by atoms with Crippen LogP contribution < -0.4 is 24.8 Å². The van der Waals surface area contributed by atoms with Crippen LogP contribution in [0.25, 0.3) is 0 Å². The first-order valence-electron chi connectivity index (χ1n) is 10.7. The molecule has 0 bridgehead atoms. The summed E-state index contributed by atoms with van der Waals surface area (Å²) < 4.78 is 21.2. The van der Waals surface area contributed by atoms with Crippen LogP contribution in [0.15, 0.2) is 72.8 Å². The summed E-state index contributed by atoms with van der Waals surface area (Å²) in [4.78, 5) is 36.8. The number of anilines is 1. The maximum Gasteiger partial charge on any atom is 0.326 e. The lowest BCUT2D eigenvalue weighted by Crippen LogP contribution is -2.35. The van der Waals surface area contributed by atoms with E-state index in [1.165, 1.54) is 21.1 Å². The van der Waals surface area contributed by atoms with Crippen LogP contribution in [0.4, 0.5) is 5.69 Å². The lowest BCUT2D eigenvalue weighted by Gasteiger charge is -2.15. The molecule has 0 heterocycles. The molecule has 0 radical (unpaired) electrons. The number of para-hydroxylation sites is 1. The van der Waals surface area contributed by atoms with E-state index < -0.39 is 30.4 Å². The Kier molecular flexibility index (Phi) is 8.66. The molecule has 0 spiro atoms. The molecule has 3 rings (SSSR count). The van der Waals surface area contributed by atoms with Crippen molar-refractivity contribution in [2.24, 2.45) is 0 Å². The summed E-state index contributed by atoms with van der Waals surface area (Å²) in [6, 6.07) is 20.6. The molecule has 0 aliphatic carbocycles. The third-order valence-corrected chi connectivity index (χ3v) is 4.82. The van der Waals surface area contributed by atoms with Gasteiger partial charge in [0, 0.05) is 17.3 Å². The number of ether oxygens (including phenoxy) is 4. The normalized spacial score (nSPS) is 11.1. The predicted octanol–water partition coefficient (Wildman–Crippen LogP) is 3.80. The van der Waals surface area contributed by atoms with Crippen molar-refractivity contribution in [3.8, 4) is 23.0 Å². The van der Waals surface area contributed by atoms with E-state index in [-0.39, 0.29) is 0 Å². The van der Waals surface area contributed by atoms with Gasteiger partial charge in [-0.15, -0.1) is 0 Å². The van der Waals surface area contributed by atoms with Gasteiger partial charge in [0.1, 0.15) is 18.0 Å². The number of amides is 2. The van der Waals surface area contributed by atoms with Gasteiger partial charge in [-0.1, -0.05) is 18.2 Å². The minimum Gasteiger partial charge on any atom is -0.493 e. The van der Waals surface area contributed by atoms with E-state index in [4.69, 9.17) is 18.9 Å². The van der Waals surface area contributed by atoms with Crippen LogP contribution in [-0.2, 0) is 14.3 Å². The van der Waals surface area contributed by atoms with Gasteiger partial charge in [0.2, 0.25) is 0 Å². The number of hydrogen-bond donors (Lipinski definition) is 2. The molecule has 35 heavy (non-hydrogen) atoms. The highest BCUT2D eigenvalue weighted by Crippen LogP contribution is 2.29. The number of nitrogens with one attached hydrogen (secondary N) is 2. The molecule has 0 aliphatic rings. The molecule has 0 fully saturated rings. The SMILES string of the molecule is COc1ccc(NC(=O)C(C)OC(=O)CNC(=O)c2ccc(Oc3ccccc3)cc2)cc1OC. The molecular formula is C26H26N2O7. The van der Waals surface area contributed by atoms with E-state index in [1.807, 2.05) is 30.3 Å². The summed E-state index contributed by atoms with van der Waals surface area (Å²) >= 11 is 0. The van der Waals surface area contributed by atoms with E-state index in [9.17, 15) is 14.4 Å². The van der Waals surface area contributed by atoms with Gasteiger partial charge >= 0.3 is 5.97 Å². The second-order valence-corrected chi connectivity index (χ2v) is 7.31. The zero-order valence-electron chi connectivity index (χ0n) is 19.6. The van der Waals surface area contributed by atoms with E-state index >= 15 is 0 Å². The molecule has 2 amide bonds. The van der Waals surface area contributed by atoms with E-state index in [0.717, 1.165) is 0 Å². The number of rotatable bonds is 10. The fourth-order valence-corrected chi connectivity index (χ4v) is 3.00. The van der Waals surface area contributed by atoms with Crippen LogP contribution in [0.2, 0.25) is 0 Å². The van der Waals surface area contributed by atoms with Crippen molar-refractivity contribution in [3.05, 3.63) is 78.4 Å². The van der Waals surface area contributed by atoms with Gasteiger partial charge in [-0.3, -0.25) is 14.4 Å². The Morgan fingerprint density at radius 3 is 2.14 bits per heavy atom. The molecule has 0 saturated carbocycles. The molecule has 1 atom stereocenters. The smallest absolute Gasteiger partial charge is 0.326 e. The summed E-state index contributed by atoms with van der Waals surface area (Å²) in [5.74, 6) is 0.452. The maximum absolute atomic E-state index is 12.4. The Labute approximate surface area is 203 Å². The van der Waals surface area contributed by atoms with Gasteiger partial charge < -0.3 is 29.6 Å². The van der Waals surface area contributed by atoms with Gasteiger partial charge in [0.25, 0.3) is 11.8 Å². The number of hydrogen-bond acceptors (Lipinski definition) is 7. The van der Waals surface area contributed by atoms with Crippen molar-refractivity contribution in [3.63, 3.8) is 0 Å². The largest absolute Gasteiger partial charge is 0.493 e. The summed E-state index contributed by atoms with van der Waals surface area (Å²) in [5.41, 5.74) is 0.793. The van der Waals surface area contributed by atoms with Crippen molar-refractivity contribution in [2.75, 3.05) is 26.1 Å². The Balaban J connectivity index is 1.45. The van der Waals surface area contributed by atoms with Gasteiger partial charge in [0.05, 0.1) is 14.2 Å². The molecule has 0 aromatic heterocycles.